The third-order valence-electron chi connectivity index (χ3n) is 8.42. The smallest absolute Gasteiger partial charge is 0.207 e. The fourth-order valence-corrected chi connectivity index (χ4v) is 4.77. The van der Waals surface area contributed by atoms with E-state index < -0.39 is 35.2 Å². The lowest BCUT2D eigenvalue weighted by atomic mass is 10.1. The van der Waals surface area contributed by atoms with Gasteiger partial charge in [0, 0.05) is 0 Å². The third kappa shape index (κ3) is 24.9. The van der Waals surface area contributed by atoms with Crippen LogP contribution in [0.1, 0.15) is 61.2 Å². The van der Waals surface area contributed by atoms with Crippen molar-refractivity contribution in [3.8, 4) is 6.07 Å². The topological polar surface area (TPSA) is 23.8 Å². The second-order valence-electron chi connectivity index (χ2n) is 14.4. The molecule has 0 radical (unpaired) electrons. The molecule has 350 valence electrons. The van der Waals surface area contributed by atoms with Gasteiger partial charge in [0.25, 0.3) is 0 Å². The number of aryl methyl sites for hydroxylation is 7. The van der Waals surface area contributed by atoms with Crippen LogP contribution in [-0.2, 0) is 18.5 Å². The van der Waals surface area contributed by atoms with Gasteiger partial charge in [-0.2, -0.15) is 44.8 Å². The Morgan fingerprint density at radius 3 is 1.09 bits per heavy atom. The molecule has 0 bridgehead atoms. The molecule has 0 heterocycles. The van der Waals surface area contributed by atoms with E-state index in [2.05, 4.69) is 6.07 Å². The zero-order valence-electron chi connectivity index (χ0n) is 37.1. The molecule has 0 fully saturated rings. The second-order valence-corrected chi connectivity index (χ2v) is 14.4. The van der Waals surface area contributed by atoms with Crippen LogP contribution in [-0.4, -0.2) is 0 Å². The molecular weight excluding hydrogens is 879 g/mol. The predicted molar refractivity (Wildman–Crippen MR) is 238 cm³/mol. The highest BCUT2D eigenvalue weighted by Crippen LogP contribution is 2.32. The normalized spacial score (nSPS) is 10.3. The van der Waals surface area contributed by atoms with Gasteiger partial charge in [0.2, 0.25) is 0 Å². The Kier molecular flexibility index (Phi) is 24.4. The van der Waals surface area contributed by atoms with Crippen molar-refractivity contribution in [2.45, 2.75) is 67.0 Å². The molecule has 1 nitrogen and oxygen atoms in total. The maximum atomic E-state index is 12.3. The lowest BCUT2D eigenvalue weighted by molar-refractivity contribution is -0.138. The van der Waals surface area contributed by atoms with E-state index >= 15 is 0 Å². The summed E-state index contributed by atoms with van der Waals surface area (Å²) >= 11 is 0. The van der Waals surface area contributed by atoms with Gasteiger partial charge < -0.3 is 0 Å². The summed E-state index contributed by atoms with van der Waals surface area (Å²) in [5.74, 6) is -0.465. The van der Waals surface area contributed by atoms with Crippen molar-refractivity contribution in [1.82, 2.24) is 0 Å². The fourth-order valence-electron chi connectivity index (χ4n) is 4.77. The van der Waals surface area contributed by atoms with E-state index in [-0.39, 0.29) is 23.0 Å². The summed E-state index contributed by atoms with van der Waals surface area (Å²) in [5, 5.41) is 8.38. The van der Waals surface area contributed by atoms with Gasteiger partial charge in [-0.3, -0.25) is 0 Å². The van der Waals surface area contributed by atoms with Gasteiger partial charge in [-0.25, -0.2) is 13.2 Å². The lowest BCUT2D eigenvalue weighted by Crippen LogP contribution is -2.06. The Morgan fingerprint density at radius 1 is 0.348 bits per heavy atom. The first-order valence-electron chi connectivity index (χ1n) is 19.8. The summed E-state index contributed by atoms with van der Waals surface area (Å²) in [4.78, 5) is 0. The van der Waals surface area contributed by atoms with Gasteiger partial charge in [0.05, 0.1) is 28.3 Å². The van der Waals surface area contributed by atoms with Crippen molar-refractivity contribution < 1.29 is 52.7 Å². The minimum Gasteiger partial charge on any atom is -0.207 e. The van der Waals surface area contributed by atoms with E-state index in [1.54, 1.807) is 63.2 Å². The number of nitrogens with zero attached hydrogens (tertiary/aromatic N) is 1. The summed E-state index contributed by atoms with van der Waals surface area (Å²) < 4.78 is 144. The highest BCUT2D eigenvalue weighted by molar-refractivity contribution is 5.31. The molecule has 7 rings (SSSR count). The third-order valence-corrected chi connectivity index (χ3v) is 8.42. The van der Waals surface area contributed by atoms with Crippen LogP contribution in [0.25, 0.3) is 0 Å². The van der Waals surface area contributed by atoms with E-state index in [1.165, 1.54) is 73.2 Å². The van der Waals surface area contributed by atoms with Gasteiger partial charge >= 0.3 is 18.5 Å². The Balaban J connectivity index is 0.000000387. The van der Waals surface area contributed by atoms with Crippen molar-refractivity contribution in [3.05, 3.63) is 249 Å². The minimum absolute atomic E-state index is 0.132. The van der Waals surface area contributed by atoms with E-state index in [0.717, 1.165) is 52.6 Å². The molecule has 7 aromatic rings. The Hall–Kier alpha value is -6.81. The summed E-state index contributed by atoms with van der Waals surface area (Å²) in [5.41, 5.74) is 4.65. The van der Waals surface area contributed by atoms with Gasteiger partial charge in [-0.05, 0) is 132 Å². The molecule has 0 saturated carbocycles. The van der Waals surface area contributed by atoms with E-state index in [9.17, 15) is 52.7 Å². The fraction of sp³-hybridized carbons (Fsp3) is 0.189. The van der Waals surface area contributed by atoms with Crippen LogP contribution in [0.2, 0.25) is 0 Å². The van der Waals surface area contributed by atoms with Crippen molar-refractivity contribution in [3.63, 3.8) is 0 Å². The first-order chi connectivity index (χ1) is 30.7. The molecule has 0 amide bonds. The van der Waals surface area contributed by atoms with Crippen LogP contribution in [0.5, 0.6) is 0 Å². The molecule has 0 unspecified atom stereocenters. The summed E-state index contributed by atoms with van der Waals surface area (Å²) in [6.45, 7) is 12.4. The quantitative estimate of drug-likeness (QED) is 0.139. The van der Waals surface area contributed by atoms with Crippen LogP contribution in [0.4, 0.5) is 52.7 Å². The Bertz CT molecular complexity index is 2420. The standard InChI is InChI=1S/3C8H7F3.C8H7N.3C7H7F/c1-6-2-4-7(5-3-6)8(9,10)11;1-6-3-2-4-7(5-6)8(9,10)11;1-6-4-2-3-5-7(6)8(9,10)11;1-7-2-4-8(6-9)5-3-7;1-6-2-4-7(8)5-3-6;1-6-3-2-4-7(8)5-6;1-6-4-2-3-5-7(6)8/h3*2-5H,1H3;2-5H,1H3;3*2-5H,1H3. The molecule has 0 aliphatic heterocycles. The highest BCUT2D eigenvalue weighted by atomic mass is 19.4. The molecule has 0 aromatic heterocycles. The van der Waals surface area contributed by atoms with Gasteiger partial charge in [-0.15, -0.1) is 0 Å². The van der Waals surface area contributed by atoms with Crippen LogP contribution in [0.3, 0.4) is 0 Å². The van der Waals surface area contributed by atoms with E-state index in [0.29, 0.717) is 11.1 Å². The molecule has 0 aliphatic rings. The zero-order valence-corrected chi connectivity index (χ0v) is 37.1. The number of alkyl halides is 9. The molecule has 0 spiro atoms. The Morgan fingerprint density at radius 2 is 0.773 bits per heavy atom. The number of benzene rings is 7. The lowest BCUT2D eigenvalue weighted by Gasteiger charge is -2.08. The molecule has 0 atom stereocenters. The SMILES string of the molecule is Cc1ccc(C#N)cc1.Cc1ccc(C(F)(F)F)cc1.Cc1ccc(F)cc1.Cc1cccc(C(F)(F)F)c1.Cc1cccc(F)c1.Cc1ccccc1C(F)(F)F.Cc1ccccc1F. The largest absolute Gasteiger partial charge is 0.416 e. The highest BCUT2D eigenvalue weighted by Gasteiger charge is 2.32. The number of hydrogen-bond acceptors (Lipinski definition) is 1. The first kappa shape index (κ1) is 57.2. The minimum atomic E-state index is -4.22. The summed E-state index contributed by atoms with van der Waals surface area (Å²) in [6.07, 6.45) is -12.6. The van der Waals surface area contributed by atoms with Crippen molar-refractivity contribution in [2.75, 3.05) is 0 Å². The maximum Gasteiger partial charge on any atom is 0.416 e. The molecule has 13 heteroatoms. The van der Waals surface area contributed by atoms with Crippen LogP contribution in [0.15, 0.2) is 170 Å². The number of halogens is 12. The number of nitriles is 1. The number of hydrogen-bond donors (Lipinski definition) is 0. The van der Waals surface area contributed by atoms with E-state index in [1.807, 2.05) is 57.2 Å². The predicted octanol–water partition coefficient (Wildman–Crippen LogP) is 17.3. The zero-order chi connectivity index (χ0) is 50.1. The van der Waals surface area contributed by atoms with Gasteiger partial charge in [0.1, 0.15) is 17.5 Å². The average Bonchev–Trinajstić information content (AvgIpc) is 3.24. The monoisotopic (exact) mass is 927 g/mol. The second kappa shape index (κ2) is 28.2. The average molecular weight is 928 g/mol. The van der Waals surface area contributed by atoms with E-state index in [4.69, 9.17) is 5.26 Å². The van der Waals surface area contributed by atoms with Crippen LogP contribution >= 0.6 is 0 Å². The van der Waals surface area contributed by atoms with Crippen molar-refractivity contribution in [1.29, 1.82) is 5.26 Å². The first-order valence-corrected chi connectivity index (χ1v) is 19.8. The van der Waals surface area contributed by atoms with Gasteiger partial charge in [-0.1, -0.05) is 125 Å². The van der Waals surface area contributed by atoms with Crippen molar-refractivity contribution >= 4 is 0 Å². The molecule has 0 aliphatic carbocycles. The summed E-state index contributed by atoms with van der Waals surface area (Å²) in [6, 6.07) is 44.9. The van der Waals surface area contributed by atoms with Crippen molar-refractivity contribution in [2.24, 2.45) is 0 Å². The summed E-state index contributed by atoms with van der Waals surface area (Å²) in [7, 11) is 0. The molecule has 66 heavy (non-hydrogen) atoms. The molecule has 0 saturated heterocycles. The molecule has 7 aromatic carbocycles. The maximum absolute atomic E-state index is 12.3. The van der Waals surface area contributed by atoms with Gasteiger partial charge in [0.15, 0.2) is 0 Å². The molecule has 0 N–H and O–H groups in total. The number of rotatable bonds is 0. The van der Waals surface area contributed by atoms with Crippen LogP contribution in [0, 0.1) is 77.2 Å². The Labute approximate surface area is 378 Å². The molecular formula is C53H49F12N. The van der Waals surface area contributed by atoms with Crippen LogP contribution < -0.4 is 0 Å².